The molecule has 0 aliphatic heterocycles. The number of ketones is 1. The number of carbonyl (C=O) groups is 2. The highest BCUT2D eigenvalue weighted by Gasteiger charge is 2.08. The highest BCUT2D eigenvalue weighted by Crippen LogP contribution is 2.16. The Kier molecular flexibility index (Phi) is 5.40. The zero-order chi connectivity index (χ0) is 18.4. The standard InChI is InChI=1S/C23H18O3/c1-17-7-12-20(13-8-17)23(25)26-21-14-9-18(10-15-21)11-16-22(24)19-5-3-2-4-6-19/h2-16H,1H3. The van der Waals surface area contributed by atoms with Crippen LogP contribution in [0.3, 0.4) is 0 Å². The molecule has 0 spiro atoms. The minimum atomic E-state index is -0.396. The third kappa shape index (κ3) is 4.54. The van der Waals surface area contributed by atoms with E-state index in [0.717, 1.165) is 11.1 Å². The second-order valence-electron chi connectivity index (χ2n) is 5.89. The number of hydrogen-bond donors (Lipinski definition) is 0. The SMILES string of the molecule is Cc1ccc(C(=O)Oc2ccc(C=CC(=O)c3ccccc3)cc2)cc1. The summed E-state index contributed by atoms with van der Waals surface area (Å²) in [5.74, 6) is 0.00938. The van der Waals surface area contributed by atoms with Crippen molar-refractivity contribution in [2.24, 2.45) is 0 Å². The van der Waals surface area contributed by atoms with Crippen molar-refractivity contribution in [1.29, 1.82) is 0 Å². The molecule has 0 saturated carbocycles. The molecule has 0 saturated heterocycles. The summed E-state index contributed by atoms with van der Waals surface area (Å²) in [6.45, 7) is 1.96. The van der Waals surface area contributed by atoms with Gasteiger partial charge >= 0.3 is 5.97 Å². The molecule has 0 unspecified atom stereocenters. The number of aryl methyl sites for hydroxylation is 1. The van der Waals surface area contributed by atoms with Gasteiger partial charge in [-0.1, -0.05) is 66.2 Å². The third-order valence-corrected chi connectivity index (χ3v) is 3.86. The van der Waals surface area contributed by atoms with E-state index in [2.05, 4.69) is 0 Å². The van der Waals surface area contributed by atoms with E-state index >= 15 is 0 Å². The summed E-state index contributed by atoms with van der Waals surface area (Å²) in [5.41, 5.74) is 3.09. The number of rotatable bonds is 5. The molecule has 0 amide bonds. The number of ether oxygens (including phenoxy) is 1. The van der Waals surface area contributed by atoms with Crippen molar-refractivity contribution in [2.75, 3.05) is 0 Å². The van der Waals surface area contributed by atoms with E-state index in [0.29, 0.717) is 16.9 Å². The predicted octanol–water partition coefficient (Wildman–Crippen LogP) is 5.11. The number of esters is 1. The van der Waals surface area contributed by atoms with Crippen molar-refractivity contribution in [3.63, 3.8) is 0 Å². The lowest BCUT2D eigenvalue weighted by atomic mass is 10.1. The van der Waals surface area contributed by atoms with Gasteiger partial charge in [-0.2, -0.15) is 0 Å². The Hall–Kier alpha value is -3.46. The van der Waals surface area contributed by atoms with Gasteiger partial charge in [-0.25, -0.2) is 4.79 Å². The highest BCUT2D eigenvalue weighted by atomic mass is 16.5. The summed E-state index contributed by atoms with van der Waals surface area (Å²) in [4.78, 5) is 24.2. The summed E-state index contributed by atoms with van der Waals surface area (Å²) >= 11 is 0. The molecule has 0 fully saturated rings. The van der Waals surface area contributed by atoms with E-state index in [1.807, 2.05) is 37.3 Å². The maximum Gasteiger partial charge on any atom is 0.343 e. The van der Waals surface area contributed by atoms with Crippen LogP contribution in [0.1, 0.15) is 31.8 Å². The number of carbonyl (C=O) groups excluding carboxylic acids is 2. The summed E-state index contributed by atoms with van der Waals surface area (Å²) in [5, 5.41) is 0. The van der Waals surface area contributed by atoms with Crippen LogP contribution in [0, 0.1) is 6.92 Å². The lowest BCUT2D eigenvalue weighted by molar-refractivity contribution is 0.0734. The summed E-state index contributed by atoms with van der Waals surface area (Å²) < 4.78 is 5.36. The molecule has 3 aromatic rings. The van der Waals surface area contributed by atoms with Crippen LogP contribution in [0.4, 0.5) is 0 Å². The van der Waals surface area contributed by atoms with Gasteiger partial charge in [0.1, 0.15) is 5.75 Å². The largest absolute Gasteiger partial charge is 0.423 e. The van der Waals surface area contributed by atoms with Gasteiger partial charge in [0.25, 0.3) is 0 Å². The molecule has 128 valence electrons. The smallest absolute Gasteiger partial charge is 0.343 e. The molecule has 0 aromatic heterocycles. The van der Waals surface area contributed by atoms with Crippen LogP contribution in [-0.2, 0) is 0 Å². The fraction of sp³-hybridized carbons (Fsp3) is 0.0435. The zero-order valence-corrected chi connectivity index (χ0v) is 14.4. The van der Waals surface area contributed by atoms with Crippen LogP contribution in [0.25, 0.3) is 6.08 Å². The third-order valence-electron chi connectivity index (χ3n) is 3.86. The minimum absolute atomic E-state index is 0.0551. The highest BCUT2D eigenvalue weighted by molar-refractivity contribution is 6.06. The number of hydrogen-bond acceptors (Lipinski definition) is 3. The van der Waals surface area contributed by atoms with Crippen molar-refractivity contribution in [2.45, 2.75) is 6.92 Å². The van der Waals surface area contributed by atoms with Crippen LogP contribution < -0.4 is 4.74 Å². The summed E-state index contributed by atoms with van der Waals surface area (Å²) in [7, 11) is 0. The Balaban J connectivity index is 1.63. The van der Waals surface area contributed by atoms with Crippen LogP contribution in [0.2, 0.25) is 0 Å². The second-order valence-corrected chi connectivity index (χ2v) is 5.89. The van der Waals surface area contributed by atoms with Gasteiger partial charge in [0.15, 0.2) is 5.78 Å². The van der Waals surface area contributed by atoms with Gasteiger partial charge < -0.3 is 4.74 Å². The van der Waals surface area contributed by atoms with Crippen molar-refractivity contribution in [1.82, 2.24) is 0 Å². The van der Waals surface area contributed by atoms with Gasteiger partial charge in [-0.15, -0.1) is 0 Å². The van der Waals surface area contributed by atoms with Gasteiger partial charge in [0, 0.05) is 5.56 Å². The molecule has 0 aliphatic carbocycles. The van der Waals surface area contributed by atoms with Gasteiger partial charge in [0.05, 0.1) is 5.56 Å². The molecule has 3 rings (SSSR count). The molecular weight excluding hydrogens is 324 g/mol. The molecule has 0 atom stereocenters. The predicted molar refractivity (Wildman–Crippen MR) is 102 cm³/mol. The van der Waals surface area contributed by atoms with Crippen molar-refractivity contribution in [3.8, 4) is 5.75 Å². The van der Waals surface area contributed by atoms with E-state index in [1.54, 1.807) is 54.6 Å². The molecule has 3 nitrogen and oxygen atoms in total. The van der Waals surface area contributed by atoms with E-state index in [-0.39, 0.29) is 5.78 Å². The quantitative estimate of drug-likeness (QED) is 0.280. The van der Waals surface area contributed by atoms with Crippen molar-refractivity contribution in [3.05, 3.63) is 107 Å². The first-order chi connectivity index (χ1) is 12.6. The van der Waals surface area contributed by atoms with Crippen LogP contribution in [0.15, 0.2) is 84.9 Å². The molecule has 0 aliphatic rings. The number of allylic oxidation sites excluding steroid dienone is 1. The first-order valence-corrected chi connectivity index (χ1v) is 8.28. The van der Waals surface area contributed by atoms with E-state index in [4.69, 9.17) is 4.74 Å². The minimum Gasteiger partial charge on any atom is -0.423 e. The first kappa shape index (κ1) is 17.4. The average molecular weight is 342 g/mol. The van der Waals surface area contributed by atoms with Crippen LogP contribution >= 0.6 is 0 Å². The Labute approximate surface area is 152 Å². The topological polar surface area (TPSA) is 43.4 Å². The summed E-state index contributed by atoms with van der Waals surface area (Å²) in [6.07, 6.45) is 3.27. The number of benzene rings is 3. The molecule has 0 N–H and O–H groups in total. The van der Waals surface area contributed by atoms with E-state index in [9.17, 15) is 9.59 Å². The molecule has 3 aromatic carbocycles. The molecular formula is C23H18O3. The van der Waals surface area contributed by atoms with Crippen molar-refractivity contribution < 1.29 is 14.3 Å². The monoisotopic (exact) mass is 342 g/mol. The zero-order valence-electron chi connectivity index (χ0n) is 14.4. The normalized spacial score (nSPS) is 10.7. The Morgan fingerprint density at radius 1 is 0.769 bits per heavy atom. The van der Waals surface area contributed by atoms with Gasteiger partial charge in [0.2, 0.25) is 0 Å². The van der Waals surface area contributed by atoms with E-state index < -0.39 is 5.97 Å². The molecule has 0 bridgehead atoms. The van der Waals surface area contributed by atoms with E-state index in [1.165, 1.54) is 6.08 Å². The Morgan fingerprint density at radius 3 is 2.08 bits per heavy atom. The van der Waals surface area contributed by atoms with Crippen molar-refractivity contribution >= 4 is 17.8 Å². The average Bonchev–Trinajstić information content (AvgIpc) is 2.68. The molecule has 26 heavy (non-hydrogen) atoms. The van der Waals surface area contributed by atoms with Gasteiger partial charge in [-0.3, -0.25) is 4.79 Å². The lowest BCUT2D eigenvalue weighted by Gasteiger charge is -2.05. The molecule has 0 heterocycles. The van der Waals surface area contributed by atoms with Crippen LogP contribution in [0.5, 0.6) is 5.75 Å². The second kappa shape index (κ2) is 8.08. The lowest BCUT2D eigenvalue weighted by Crippen LogP contribution is -2.08. The maximum atomic E-state index is 12.1. The summed E-state index contributed by atoms with van der Waals surface area (Å²) in [6, 6.07) is 23.3. The van der Waals surface area contributed by atoms with Gasteiger partial charge in [-0.05, 0) is 42.8 Å². The first-order valence-electron chi connectivity index (χ1n) is 8.28. The Morgan fingerprint density at radius 2 is 1.42 bits per heavy atom. The fourth-order valence-corrected chi connectivity index (χ4v) is 2.37. The Bertz CT molecular complexity index is 921. The van der Waals surface area contributed by atoms with Crippen LogP contribution in [-0.4, -0.2) is 11.8 Å². The molecule has 0 radical (unpaired) electrons. The molecule has 3 heteroatoms. The fourth-order valence-electron chi connectivity index (χ4n) is 2.37. The maximum absolute atomic E-state index is 12.1.